The van der Waals surface area contributed by atoms with Crippen molar-refractivity contribution in [1.82, 2.24) is 0 Å². The van der Waals surface area contributed by atoms with Crippen LogP contribution in [-0.4, -0.2) is 50.1 Å². The van der Waals surface area contributed by atoms with Crippen LogP contribution < -0.4 is 9.47 Å². The van der Waals surface area contributed by atoms with E-state index in [4.69, 9.17) is 35.3 Å². The van der Waals surface area contributed by atoms with Crippen molar-refractivity contribution in [2.45, 2.75) is 58.7 Å². The zero-order valence-electron chi connectivity index (χ0n) is 19.0. The summed E-state index contributed by atoms with van der Waals surface area (Å²) < 4.78 is 27.6. The minimum Gasteiger partial charge on any atom is -0.466 e. The van der Waals surface area contributed by atoms with Crippen LogP contribution in [0.2, 0.25) is 5.02 Å². The number of fused-ring (bicyclic) bond motifs is 1. The number of benzene rings is 1. The highest BCUT2D eigenvalue weighted by Gasteiger charge is 2.27. The van der Waals surface area contributed by atoms with E-state index in [-0.39, 0.29) is 48.2 Å². The standard InChI is InChI=1S/C24H33ClO7/c1-4-28-15-30-20-14-21(31-16-29-5-2)23(25)19-13-18(26)12-10-8-6-7-9-11-17(3)32-24(27)22(19)20/h7,9-10,12,14,17-18,26H,4-6,8,11,13,15-16H2,1-3H3/t17-,18?/m1/s1. The van der Waals surface area contributed by atoms with Crippen molar-refractivity contribution < 1.29 is 33.6 Å². The number of carbonyl (C=O) groups excluding carboxylic acids is 1. The Morgan fingerprint density at radius 1 is 1.06 bits per heavy atom. The lowest BCUT2D eigenvalue weighted by atomic mass is 9.99. The molecular formula is C24H33ClO7. The van der Waals surface area contributed by atoms with Gasteiger partial charge in [0.2, 0.25) is 0 Å². The fourth-order valence-corrected chi connectivity index (χ4v) is 3.37. The Kier molecular flexibility index (Phi) is 11.6. The maximum Gasteiger partial charge on any atom is 0.342 e. The molecule has 2 rings (SSSR count). The van der Waals surface area contributed by atoms with Crippen LogP contribution in [0, 0.1) is 0 Å². The van der Waals surface area contributed by atoms with Gasteiger partial charge in [-0.05, 0) is 39.2 Å². The molecule has 1 aliphatic heterocycles. The summed E-state index contributed by atoms with van der Waals surface area (Å²) >= 11 is 6.64. The fraction of sp³-hybridized carbons (Fsp3) is 0.542. The predicted octanol–water partition coefficient (Wildman–Crippen LogP) is 4.83. The van der Waals surface area contributed by atoms with Crippen LogP contribution in [-0.2, 0) is 20.6 Å². The molecule has 1 aromatic carbocycles. The maximum absolute atomic E-state index is 13.2. The van der Waals surface area contributed by atoms with Gasteiger partial charge in [-0.2, -0.15) is 0 Å². The number of esters is 1. The molecule has 2 atom stereocenters. The Morgan fingerprint density at radius 3 is 2.41 bits per heavy atom. The lowest BCUT2D eigenvalue weighted by molar-refractivity contribution is 0.0160. The molecule has 0 aliphatic carbocycles. The summed E-state index contributed by atoms with van der Waals surface area (Å²) in [6, 6.07) is 1.52. The topological polar surface area (TPSA) is 83.5 Å². The van der Waals surface area contributed by atoms with Gasteiger partial charge in [-0.15, -0.1) is 0 Å². The van der Waals surface area contributed by atoms with E-state index in [0.29, 0.717) is 25.2 Å². The zero-order valence-corrected chi connectivity index (χ0v) is 19.7. The minimum atomic E-state index is -0.856. The average molecular weight is 469 g/mol. The van der Waals surface area contributed by atoms with Gasteiger partial charge in [-0.1, -0.05) is 35.9 Å². The van der Waals surface area contributed by atoms with Gasteiger partial charge in [0.05, 0.1) is 11.1 Å². The molecule has 0 fully saturated rings. The van der Waals surface area contributed by atoms with Crippen LogP contribution in [0.3, 0.4) is 0 Å². The van der Waals surface area contributed by atoms with Gasteiger partial charge in [-0.3, -0.25) is 0 Å². The lowest BCUT2D eigenvalue weighted by Crippen LogP contribution is -2.20. The summed E-state index contributed by atoms with van der Waals surface area (Å²) in [6.07, 6.45) is 8.74. The highest BCUT2D eigenvalue weighted by molar-refractivity contribution is 6.33. The highest BCUT2D eigenvalue weighted by atomic mass is 35.5. The summed E-state index contributed by atoms with van der Waals surface area (Å²) in [7, 11) is 0. The number of carbonyl (C=O) groups is 1. The molecular weight excluding hydrogens is 436 g/mol. The number of ether oxygens (including phenoxy) is 5. The molecule has 0 aromatic heterocycles. The Labute approximate surface area is 194 Å². The predicted molar refractivity (Wildman–Crippen MR) is 122 cm³/mol. The molecule has 7 nitrogen and oxygen atoms in total. The van der Waals surface area contributed by atoms with Crippen molar-refractivity contribution in [1.29, 1.82) is 0 Å². The summed E-state index contributed by atoms with van der Waals surface area (Å²) in [5.74, 6) is -0.0919. The molecule has 0 radical (unpaired) electrons. The van der Waals surface area contributed by atoms with Crippen LogP contribution in [0.1, 0.15) is 56.0 Å². The lowest BCUT2D eigenvalue weighted by Gasteiger charge is -2.21. The Hall–Kier alpha value is -2.06. The van der Waals surface area contributed by atoms with Gasteiger partial charge in [0.25, 0.3) is 0 Å². The normalized spacial score (nSPS) is 19.7. The molecule has 0 saturated heterocycles. The number of aliphatic hydroxyl groups excluding tert-OH is 1. The molecule has 0 amide bonds. The number of hydrogen-bond donors (Lipinski definition) is 1. The van der Waals surface area contributed by atoms with E-state index in [0.717, 1.165) is 12.8 Å². The highest BCUT2D eigenvalue weighted by Crippen LogP contribution is 2.39. The molecule has 32 heavy (non-hydrogen) atoms. The molecule has 1 aromatic rings. The largest absolute Gasteiger partial charge is 0.466 e. The van der Waals surface area contributed by atoms with Crippen LogP contribution in [0.5, 0.6) is 11.5 Å². The third-order valence-corrected chi connectivity index (χ3v) is 5.13. The first-order valence-corrected chi connectivity index (χ1v) is 11.3. The Morgan fingerprint density at radius 2 is 1.72 bits per heavy atom. The number of halogens is 1. The van der Waals surface area contributed by atoms with Gasteiger partial charge in [0, 0.05) is 32.1 Å². The third-order valence-electron chi connectivity index (χ3n) is 4.71. The van der Waals surface area contributed by atoms with E-state index >= 15 is 0 Å². The van der Waals surface area contributed by atoms with Crippen LogP contribution in [0.4, 0.5) is 0 Å². The number of cyclic esters (lactones) is 1. The molecule has 0 bridgehead atoms. The molecule has 1 heterocycles. The first kappa shape index (κ1) is 26.2. The monoisotopic (exact) mass is 468 g/mol. The van der Waals surface area contributed by atoms with E-state index in [9.17, 15) is 9.90 Å². The summed E-state index contributed by atoms with van der Waals surface area (Å²) in [5.41, 5.74) is 0.535. The SMILES string of the molecule is CCOCOc1cc(OCOCC)c2c(c1Cl)CC(O)C=CCCC=CC[C@@H](C)OC2=O. The smallest absolute Gasteiger partial charge is 0.342 e. The van der Waals surface area contributed by atoms with Gasteiger partial charge in [0.15, 0.2) is 13.6 Å². The van der Waals surface area contributed by atoms with E-state index in [1.807, 2.05) is 39.0 Å². The van der Waals surface area contributed by atoms with Crippen molar-refractivity contribution in [3.63, 3.8) is 0 Å². The maximum atomic E-state index is 13.2. The molecule has 0 spiro atoms. The quantitative estimate of drug-likeness (QED) is 0.253. The Balaban J connectivity index is 2.53. The first-order chi connectivity index (χ1) is 15.5. The molecule has 8 heteroatoms. The summed E-state index contributed by atoms with van der Waals surface area (Å²) in [6.45, 7) is 6.34. The van der Waals surface area contributed by atoms with Crippen molar-refractivity contribution in [2.24, 2.45) is 0 Å². The molecule has 1 N–H and O–H groups in total. The number of aliphatic hydroxyl groups is 1. The van der Waals surface area contributed by atoms with Gasteiger partial charge in [-0.25, -0.2) is 4.79 Å². The third kappa shape index (κ3) is 8.13. The van der Waals surface area contributed by atoms with Crippen LogP contribution in [0.15, 0.2) is 30.4 Å². The summed E-state index contributed by atoms with van der Waals surface area (Å²) in [4.78, 5) is 13.2. The number of allylic oxidation sites excluding steroid dienone is 2. The summed E-state index contributed by atoms with van der Waals surface area (Å²) in [5, 5.41) is 10.8. The Bertz CT molecular complexity index is 791. The molecule has 1 unspecified atom stereocenters. The molecule has 178 valence electrons. The van der Waals surface area contributed by atoms with E-state index in [1.54, 1.807) is 6.08 Å². The van der Waals surface area contributed by atoms with Crippen molar-refractivity contribution in [3.8, 4) is 11.5 Å². The van der Waals surface area contributed by atoms with Gasteiger partial charge in [0.1, 0.15) is 23.2 Å². The number of hydrogen-bond acceptors (Lipinski definition) is 7. The average Bonchev–Trinajstić information content (AvgIpc) is 2.75. The minimum absolute atomic E-state index is 0.0177. The van der Waals surface area contributed by atoms with E-state index < -0.39 is 12.1 Å². The van der Waals surface area contributed by atoms with Crippen LogP contribution >= 0.6 is 11.6 Å². The van der Waals surface area contributed by atoms with E-state index in [1.165, 1.54) is 6.07 Å². The van der Waals surface area contributed by atoms with Crippen molar-refractivity contribution in [3.05, 3.63) is 46.5 Å². The molecule has 1 aliphatic rings. The number of rotatable bonds is 8. The second-order valence-electron chi connectivity index (χ2n) is 7.25. The van der Waals surface area contributed by atoms with Gasteiger partial charge < -0.3 is 28.8 Å². The fourth-order valence-electron chi connectivity index (χ4n) is 3.09. The zero-order chi connectivity index (χ0) is 23.3. The van der Waals surface area contributed by atoms with Gasteiger partial charge >= 0.3 is 5.97 Å². The van der Waals surface area contributed by atoms with Crippen molar-refractivity contribution >= 4 is 17.6 Å². The van der Waals surface area contributed by atoms with Crippen molar-refractivity contribution in [2.75, 3.05) is 26.8 Å². The first-order valence-electron chi connectivity index (χ1n) is 10.9. The van der Waals surface area contributed by atoms with E-state index in [2.05, 4.69) is 0 Å². The molecule has 0 saturated carbocycles. The second-order valence-corrected chi connectivity index (χ2v) is 7.63. The second kappa shape index (κ2) is 14.2. The van der Waals surface area contributed by atoms with Crippen LogP contribution in [0.25, 0.3) is 0 Å².